The standard InChI is InChI=1S/C28H16N2/c1-30-28-17-27(24-13-11-20-7-3-5-9-22(20)15-24)26(16-25(28)18-29)23-12-10-19-6-2-4-8-21(19)14-23/h2-17H. The summed E-state index contributed by atoms with van der Waals surface area (Å²) in [5, 5.41) is 14.2. The molecule has 2 nitrogen and oxygen atoms in total. The summed E-state index contributed by atoms with van der Waals surface area (Å²) >= 11 is 0. The molecule has 0 aromatic heterocycles. The third-order valence-corrected chi connectivity index (χ3v) is 5.50. The van der Waals surface area contributed by atoms with Gasteiger partial charge >= 0.3 is 0 Å². The van der Waals surface area contributed by atoms with Crippen molar-refractivity contribution in [3.63, 3.8) is 0 Å². The number of hydrogen-bond acceptors (Lipinski definition) is 1. The molecule has 5 rings (SSSR count). The normalized spacial score (nSPS) is 10.6. The van der Waals surface area contributed by atoms with Crippen LogP contribution in [0, 0.1) is 17.9 Å². The summed E-state index contributed by atoms with van der Waals surface area (Å²) in [4.78, 5) is 3.60. The van der Waals surface area contributed by atoms with Crippen molar-refractivity contribution in [2.75, 3.05) is 0 Å². The highest BCUT2D eigenvalue weighted by molar-refractivity contribution is 5.95. The molecule has 0 saturated heterocycles. The smallest absolute Gasteiger partial charge is 0.205 e. The maximum absolute atomic E-state index is 9.60. The van der Waals surface area contributed by atoms with Crippen molar-refractivity contribution in [3.05, 3.63) is 114 Å². The minimum atomic E-state index is 0.380. The number of nitrogens with zero attached hydrogens (tertiary/aromatic N) is 2. The Morgan fingerprint density at radius 3 is 1.60 bits per heavy atom. The Morgan fingerprint density at radius 1 is 0.600 bits per heavy atom. The maximum atomic E-state index is 9.60. The van der Waals surface area contributed by atoms with Crippen molar-refractivity contribution >= 4 is 27.2 Å². The molecule has 2 heteroatoms. The third kappa shape index (κ3) is 2.98. The van der Waals surface area contributed by atoms with Crippen LogP contribution in [-0.4, -0.2) is 0 Å². The summed E-state index contributed by atoms with van der Waals surface area (Å²) in [6.45, 7) is 7.54. The number of rotatable bonds is 2. The van der Waals surface area contributed by atoms with E-state index in [1.807, 2.05) is 36.4 Å². The first-order valence-electron chi connectivity index (χ1n) is 9.71. The van der Waals surface area contributed by atoms with Crippen LogP contribution in [0.25, 0.3) is 48.6 Å². The molecule has 0 radical (unpaired) electrons. The largest absolute Gasteiger partial charge is 0.237 e. The third-order valence-electron chi connectivity index (χ3n) is 5.50. The van der Waals surface area contributed by atoms with Crippen molar-refractivity contribution in [3.8, 4) is 28.3 Å². The molecular formula is C28H16N2. The zero-order chi connectivity index (χ0) is 20.5. The van der Waals surface area contributed by atoms with Gasteiger partial charge in [-0.25, -0.2) is 4.85 Å². The predicted molar refractivity (Wildman–Crippen MR) is 123 cm³/mol. The molecule has 5 aromatic carbocycles. The van der Waals surface area contributed by atoms with Crippen molar-refractivity contribution in [2.45, 2.75) is 0 Å². The fourth-order valence-electron chi connectivity index (χ4n) is 3.96. The molecule has 0 unspecified atom stereocenters. The first kappa shape index (κ1) is 17.7. The zero-order valence-electron chi connectivity index (χ0n) is 16.1. The zero-order valence-corrected chi connectivity index (χ0v) is 16.1. The Hall–Kier alpha value is -4.40. The molecule has 0 atom stereocenters. The minimum Gasteiger partial charge on any atom is -0.237 e. The van der Waals surface area contributed by atoms with Crippen LogP contribution in [0.5, 0.6) is 0 Å². The van der Waals surface area contributed by atoms with E-state index >= 15 is 0 Å². The van der Waals surface area contributed by atoms with Crippen LogP contribution in [-0.2, 0) is 0 Å². The molecule has 5 aromatic rings. The van der Waals surface area contributed by atoms with E-state index in [4.69, 9.17) is 6.57 Å². The summed E-state index contributed by atoms with van der Waals surface area (Å²) in [5.41, 5.74) is 4.76. The van der Waals surface area contributed by atoms with Gasteiger partial charge in [0.25, 0.3) is 0 Å². The lowest BCUT2D eigenvalue weighted by atomic mass is 9.90. The average molecular weight is 380 g/mol. The van der Waals surface area contributed by atoms with Gasteiger partial charge in [0.2, 0.25) is 5.69 Å². The molecule has 0 heterocycles. The lowest BCUT2D eigenvalue weighted by molar-refractivity contribution is 1.49. The Labute approximate surface area is 175 Å². The van der Waals surface area contributed by atoms with E-state index in [0.29, 0.717) is 11.3 Å². The van der Waals surface area contributed by atoms with Gasteiger partial charge in [0.05, 0.1) is 18.2 Å². The number of nitriles is 1. The van der Waals surface area contributed by atoms with Crippen LogP contribution in [0.1, 0.15) is 5.56 Å². The second kappa shape index (κ2) is 7.21. The highest BCUT2D eigenvalue weighted by Crippen LogP contribution is 2.39. The van der Waals surface area contributed by atoms with E-state index in [2.05, 4.69) is 71.6 Å². The fourth-order valence-corrected chi connectivity index (χ4v) is 3.96. The monoisotopic (exact) mass is 380 g/mol. The van der Waals surface area contributed by atoms with Crippen LogP contribution in [0.15, 0.2) is 97.1 Å². The molecule has 0 bridgehead atoms. The second-order valence-corrected chi connectivity index (χ2v) is 7.26. The molecular weight excluding hydrogens is 364 g/mol. The van der Waals surface area contributed by atoms with Crippen molar-refractivity contribution in [1.29, 1.82) is 5.26 Å². The van der Waals surface area contributed by atoms with Gasteiger partial charge in [-0.3, -0.25) is 0 Å². The average Bonchev–Trinajstić information content (AvgIpc) is 2.82. The van der Waals surface area contributed by atoms with E-state index in [-0.39, 0.29) is 0 Å². The summed E-state index contributed by atoms with van der Waals surface area (Å²) in [7, 11) is 0. The van der Waals surface area contributed by atoms with Crippen molar-refractivity contribution < 1.29 is 0 Å². The van der Waals surface area contributed by atoms with Crippen molar-refractivity contribution in [1.82, 2.24) is 0 Å². The van der Waals surface area contributed by atoms with Gasteiger partial charge in [-0.1, -0.05) is 72.8 Å². The van der Waals surface area contributed by atoms with Gasteiger partial charge in [-0.05, 0) is 68.1 Å². The number of hydrogen-bond donors (Lipinski definition) is 0. The Kier molecular flexibility index (Phi) is 4.25. The van der Waals surface area contributed by atoms with E-state index in [0.717, 1.165) is 33.0 Å². The molecule has 0 fully saturated rings. The highest BCUT2D eigenvalue weighted by atomic mass is 14.6. The first-order chi connectivity index (χ1) is 14.8. The van der Waals surface area contributed by atoms with Crippen LogP contribution < -0.4 is 0 Å². The first-order valence-corrected chi connectivity index (χ1v) is 9.71. The van der Waals surface area contributed by atoms with Gasteiger partial charge in [0.1, 0.15) is 0 Å². The van der Waals surface area contributed by atoms with Crippen LogP contribution in [0.3, 0.4) is 0 Å². The molecule has 0 N–H and O–H groups in total. The summed E-state index contributed by atoms with van der Waals surface area (Å²) in [5.74, 6) is 0. The molecule has 0 aliphatic heterocycles. The van der Waals surface area contributed by atoms with Crippen LogP contribution in [0.4, 0.5) is 5.69 Å². The van der Waals surface area contributed by atoms with Crippen molar-refractivity contribution in [2.24, 2.45) is 0 Å². The van der Waals surface area contributed by atoms with Gasteiger partial charge in [0.15, 0.2) is 0 Å². The number of benzene rings is 5. The maximum Gasteiger partial charge on any atom is 0.205 e. The number of fused-ring (bicyclic) bond motifs is 2. The molecule has 30 heavy (non-hydrogen) atoms. The van der Waals surface area contributed by atoms with Gasteiger partial charge in [-0.15, -0.1) is 0 Å². The lowest BCUT2D eigenvalue weighted by Crippen LogP contribution is -1.89. The molecule has 0 aliphatic rings. The minimum absolute atomic E-state index is 0.380. The summed E-state index contributed by atoms with van der Waals surface area (Å²) in [6, 6.07) is 35.0. The molecule has 0 saturated carbocycles. The van der Waals surface area contributed by atoms with E-state index in [1.54, 1.807) is 0 Å². The fraction of sp³-hybridized carbons (Fsp3) is 0. The van der Waals surface area contributed by atoms with E-state index < -0.39 is 0 Å². The van der Waals surface area contributed by atoms with E-state index in [1.165, 1.54) is 10.8 Å². The van der Waals surface area contributed by atoms with Gasteiger partial charge < -0.3 is 0 Å². The van der Waals surface area contributed by atoms with Crippen LogP contribution in [0.2, 0.25) is 0 Å². The quantitative estimate of drug-likeness (QED) is 0.288. The van der Waals surface area contributed by atoms with Crippen LogP contribution >= 0.6 is 0 Å². The predicted octanol–water partition coefficient (Wildman–Crippen LogP) is 7.75. The summed E-state index contributed by atoms with van der Waals surface area (Å²) < 4.78 is 0. The lowest BCUT2D eigenvalue weighted by Gasteiger charge is -2.14. The Morgan fingerprint density at radius 2 is 1.10 bits per heavy atom. The summed E-state index contributed by atoms with van der Waals surface area (Å²) in [6.07, 6.45) is 0. The molecule has 0 amide bonds. The molecule has 0 spiro atoms. The molecule has 0 aliphatic carbocycles. The Balaban J connectivity index is 1.80. The topological polar surface area (TPSA) is 28.1 Å². The second-order valence-electron chi connectivity index (χ2n) is 7.26. The highest BCUT2D eigenvalue weighted by Gasteiger charge is 2.14. The van der Waals surface area contributed by atoms with Gasteiger partial charge in [-0.2, -0.15) is 5.26 Å². The SMILES string of the molecule is [C-]#[N+]c1cc(-c2ccc3ccccc3c2)c(-c2ccc3ccccc3c2)cc1C#N. The van der Waals surface area contributed by atoms with E-state index in [9.17, 15) is 5.26 Å². The Bertz CT molecular complexity index is 1400. The molecule has 138 valence electrons. The van der Waals surface area contributed by atoms with Gasteiger partial charge in [0, 0.05) is 0 Å².